The summed E-state index contributed by atoms with van der Waals surface area (Å²) in [5, 5.41) is 0.972. The maximum atomic E-state index is 5.93. The van der Waals surface area contributed by atoms with E-state index < -0.39 is 0 Å². The molecule has 4 heteroatoms. The van der Waals surface area contributed by atoms with Crippen LogP contribution in [0.1, 0.15) is 5.56 Å². The van der Waals surface area contributed by atoms with Crippen molar-refractivity contribution >= 4 is 16.7 Å². The van der Waals surface area contributed by atoms with Crippen molar-refractivity contribution in [2.45, 2.75) is 6.54 Å². The molecule has 0 amide bonds. The molecule has 0 fully saturated rings. The first kappa shape index (κ1) is 12.7. The van der Waals surface area contributed by atoms with Crippen molar-refractivity contribution in [3.05, 3.63) is 48.3 Å². The molecule has 0 unspecified atom stereocenters. The van der Waals surface area contributed by atoms with Gasteiger partial charge in [-0.2, -0.15) is 0 Å². The van der Waals surface area contributed by atoms with Gasteiger partial charge in [0.15, 0.2) is 0 Å². The summed E-state index contributed by atoms with van der Waals surface area (Å²) in [5.41, 5.74) is 11.0. The van der Waals surface area contributed by atoms with Gasteiger partial charge in [0.1, 0.15) is 5.65 Å². The van der Waals surface area contributed by atoms with Crippen LogP contribution in [0.15, 0.2) is 42.7 Å². The highest BCUT2D eigenvalue weighted by Crippen LogP contribution is 2.26. The van der Waals surface area contributed by atoms with Crippen molar-refractivity contribution in [3.8, 4) is 11.1 Å². The van der Waals surface area contributed by atoms with E-state index in [2.05, 4.69) is 59.3 Å². The number of benzene rings is 1. The largest absolute Gasteiger partial charge is 0.397 e. The molecule has 20 heavy (non-hydrogen) atoms. The number of H-pyrrole nitrogens is 1. The van der Waals surface area contributed by atoms with Gasteiger partial charge in [-0.05, 0) is 31.3 Å². The Hall–Kier alpha value is -2.33. The van der Waals surface area contributed by atoms with Crippen molar-refractivity contribution in [3.63, 3.8) is 0 Å². The van der Waals surface area contributed by atoms with Crippen molar-refractivity contribution < 1.29 is 0 Å². The fraction of sp³-hybridized carbons (Fsp3) is 0.188. The molecular weight excluding hydrogens is 248 g/mol. The van der Waals surface area contributed by atoms with Gasteiger partial charge in [-0.3, -0.25) is 0 Å². The summed E-state index contributed by atoms with van der Waals surface area (Å²) in [6.07, 6.45) is 3.65. The first-order valence-corrected chi connectivity index (χ1v) is 6.60. The Labute approximate surface area is 118 Å². The lowest BCUT2D eigenvalue weighted by Crippen LogP contribution is -2.10. The Morgan fingerprint density at radius 3 is 2.60 bits per heavy atom. The molecule has 3 N–H and O–H groups in total. The summed E-state index contributed by atoms with van der Waals surface area (Å²) in [6.45, 7) is 0.947. The van der Waals surface area contributed by atoms with Crippen molar-refractivity contribution in [2.24, 2.45) is 0 Å². The smallest absolute Gasteiger partial charge is 0.139 e. The molecule has 0 radical (unpaired) electrons. The first-order valence-electron chi connectivity index (χ1n) is 6.60. The number of fused-ring (bicyclic) bond motifs is 1. The zero-order valence-corrected chi connectivity index (χ0v) is 11.7. The molecule has 3 aromatic rings. The van der Waals surface area contributed by atoms with E-state index in [-0.39, 0.29) is 0 Å². The molecule has 0 aliphatic heterocycles. The Kier molecular flexibility index (Phi) is 3.16. The number of nitrogens with zero attached hydrogens (tertiary/aromatic N) is 2. The van der Waals surface area contributed by atoms with Gasteiger partial charge < -0.3 is 15.6 Å². The second-order valence-corrected chi connectivity index (χ2v) is 5.30. The van der Waals surface area contributed by atoms with Gasteiger partial charge in [0.2, 0.25) is 0 Å². The van der Waals surface area contributed by atoms with E-state index in [0.29, 0.717) is 0 Å². The molecule has 102 valence electrons. The minimum atomic E-state index is 0.735. The summed E-state index contributed by atoms with van der Waals surface area (Å²) in [4.78, 5) is 9.62. The Bertz CT molecular complexity index is 726. The third kappa shape index (κ3) is 2.38. The van der Waals surface area contributed by atoms with Crippen LogP contribution in [0.2, 0.25) is 0 Å². The van der Waals surface area contributed by atoms with Crippen LogP contribution in [0.5, 0.6) is 0 Å². The van der Waals surface area contributed by atoms with Crippen LogP contribution in [0.3, 0.4) is 0 Å². The molecule has 0 spiro atoms. The van der Waals surface area contributed by atoms with Gasteiger partial charge in [-0.15, -0.1) is 0 Å². The van der Waals surface area contributed by atoms with E-state index in [4.69, 9.17) is 5.73 Å². The number of rotatable bonds is 3. The van der Waals surface area contributed by atoms with E-state index in [1.165, 1.54) is 5.56 Å². The minimum absolute atomic E-state index is 0.735. The number of aromatic amines is 1. The third-order valence-electron chi connectivity index (χ3n) is 3.35. The molecule has 0 atom stereocenters. The van der Waals surface area contributed by atoms with Crippen LogP contribution >= 0.6 is 0 Å². The molecule has 1 aromatic carbocycles. The van der Waals surface area contributed by atoms with Crippen LogP contribution in [0, 0.1) is 0 Å². The van der Waals surface area contributed by atoms with Gasteiger partial charge in [-0.1, -0.05) is 24.3 Å². The first-order chi connectivity index (χ1) is 9.63. The molecule has 4 nitrogen and oxygen atoms in total. The Morgan fingerprint density at radius 1 is 1.15 bits per heavy atom. The van der Waals surface area contributed by atoms with Crippen LogP contribution in [0.4, 0.5) is 5.69 Å². The number of pyridine rings is 1. The Balaban J connectivity index is 1.95. The zero-order valence-electron chi connectivity index (χ0n) is 11.7. The fourth-order valence-corrected chi connectivity index (χ4v) is 2.35. The standard InChI is InChI=1S/C16H18N4/c1-20(2)10-11-3-5-12(6-4-11)13-7-14-15(17)9-19-16(14)18-8-13/h3-9H,10,17H2,1-2H3,(H,18,19). The number of aromatic nitrogens is 2. The van der Waals surface area contributed by atoms with Crippen LogP contribution in [-0.2, 0) is 6.54 Å². The van der Waals surface area contributed by atoms with E-state index in [0.717, 1.165) is 34.4 Å². The number of hydrogen-bond donors (Lipinski definition) is 2. The number of nitrogens with one attached hydrogen (secondary N) is 1. The maximum Gasteiger partial charge on any atom is 0.139 e. The molecule has 0 aliphatic carbocycles. The third-order valence-corrected chi connectivity index (χ3v) is 3.35. The van der Waals surface area contributed by atoms with E-state index in [1.807, 2.05) is 6.20 Å². The number of hydrogen-bond acceptors (Lipinski definition) is 3. The highest BCUT2D eigenvalue weighted by molar-refractivity contribution is 5.91. The second kappa shape index (κ2) is 4.98. The summed E-state index contributed by atoms with van der Waals surface area (Å²) >= 11 is 0. The SMILES string of the molecule is CN(C)Cc1ccc(-c2cnc3[nH]cc(N)c3c2)cc1. The monoisotopic (exact) mass is 266 g/mol. The van der Waals surface area contributed by atoms with Crippen molar-refractivity contribution in [1.82, 2.24) is 14.9 Å². The zero-order chi connectivity index (χ0) is 14.1. The summed E-state index contributed by atoms with van der Waals surface area (Å²) in [7, 11) is 4.14. The summed E-state index contributed by atoms with van der Waals surface area (Å²) in [5.74, 6) is 0. The predicted octanol–water partition coefficient (Wildman–Crippen LogP) is 2.87. The van der Waals surface area contributed by atoms with Crippen LogP contribution in [-0.4, -0.2) is 29.0 Å². The Morgan fingerprint density at radius 2 is 1.90 bits per heavy atom. The molecule has 0 saturated carbocycles. The fourth-order valence-electron chi connectivity index (χ4n) is 2.35. The molecule has 3 rings (SSSR count). The normalized spacial score (nSPS) is 11.3. The average Bonchev–Trinajstić information content (AvgIpc) is 2.80. The second-order valence-electron chi connectivity index (χ2n) is 5.30. The number of nitrogen functional groups attached to an aromatic ring is 1. The van der Waals surface area contributed by atoms with E-state index in [9.17, 15) is 0 Å². The summed E-state index contributed by atoms with van der Waals surface area (Å²) in [6, 6.07) is 10.6. The van der Waals surface area contributed by atoms with Gasteiger partial charge >= 0.3 is 0 Å². The van der Waals surface area contributed by atoms with Crippen LogP contribution in [0.25, 0.3) is 22.2 Å². The lowest BCUT2D eigenvalue weighted by molar-refractivity contribution is 0.402. The highest BCUT2D eigenvalue weighted by Gasteiger charge is 2.05. The van der Waals surface area contributed by atoms with Gasteiger partial charge in [0, 0.05) is 29.9 Å². The quantitative estimate of drug-likeness (QED) is 0.766. The lowest BCUT2D eigenvalue weighted by atomic mass is 10.0. The predicted molar refractivity (Wildman–Crippen MR) is 83.3 cm³/mol. The lowest BCUT2D eigenvalue weighted by Gasteiger charge is -2.10. The van der Waals surface area contributed by atoms with Crippen molar-refractivity contribution in [1.29, 1.82) is 0 Å². The average molecular weight is 266 g/mol. The van der Waals surface area contributed by atoms with Crippen LogP contribution < -0.4 is 5.73 Å². The van der Waals surface area contributed by atoms with Gasteiger partial charge in [0.25, 0.3) is 0 Å². The molecule has 2 heterocycles. The number of nitrogens with two attached hydrogens (primary N) is 1. The summed E-state index contributed by atoms with van der Waals surface area (Å²) < 4.78 is 0. The maximum absolute atomic E-state index is 5.93. The van der Waals surface area contributed by atoms with E-state index >= 15 is 0 Å². The van der Waals surface area contributed by atoms with E-state index in [1.54, 1.807) is 6.20 Å². The van der Waals surface area contributed by atoms with Crippen molar-refractivity contribution in [2.75, 3.05) is 19.8 Å². The molecule has 0 aliphatic rings. The molecule has 0 saturated heterocycles. The number of anilines is 1. The van der Waals surface area contributed by atoms with Gasteiger partial charge in [-0.25, -0.2) is 4.98 Å². The van der Waals surface area contributed by atoms with Gasteiger partial charge in [0.05, 0.1) is 5.69 Å². The topological polar surface area (TPSA) is 57.9 Å². The minimum Gasteiger partial charge on any atom is -0.397 e. The highest BCUT2D eigenvalue weighted by atomic mass is 15.0. The molecule has 0 bridgehead atoms. The molecule has 2 aromatic heterocycles. The molecular formula is C16H18N4.